The zero-order valence-corrected chi connectivity index (χ0v) is 22.4. The Hall–Kier alpha value is -3.53. The maximum Gasteiger partial charge on any atom is 0.303 e. The van der Waals surface area contributed by atoms with Gasteiger partial charge in [-0.1, -0.05) is 18.2 Å². The Balaban J connectivity index is 1.73. The van der Waals surface area contributed by atoms with E-state index in [1.165, 1.54) is 12.1 Å². The number of pyridine rings is 1. The van der Waals surface area contributed by atoms with E-state index in [0.29, 0.717) is 42.2 Å². The summed E-state index contributed by atoms with van der Waals surface area (Å²) in [5, 5.41) is 13.7. The van der Waals surface area contributed by atoms with Gasteiger partial charge in [0.15, 0.2) is 5.65 Å². The number of aliphatic hydroxyl groups is 1. The third-order valence-electron chi connectivity index (χ3n) is 6.94. The first-order valence-corrected chi connectivity index (χ1v) is 12.5. The minimum atomic E-state index is -3.80. The average molecular weight is 528 g/mol. The van der Waals surface area contributed by atoms with Crippen LogP contribution in [0.2, 0.25) is 0 Å². The lowest BCUT2D eigenvalue weighted by Gasteiger charge is -2.30. The molecule has 0 bridgehead atoms. The second kappa shape index (κ2) is 9.98. The number of carbonyl (C=O) groups is 1. The molecule has 1 aromatic carbocycles. The zero-order valence-electron chi connectivity index (χ0n) is 22.4. The number of nitrogens with zero attached hydrogens (tertiary/aromatic N) is 4. The summed E-state index contributed by atoms with van der Waals surface area (Å²) in [4.78, 5) is 27.1. The SMILES string of the molecule is CC(=O)N1CC=C(c2cc3c(NC(C)c4cccc(C(F)(F)C(C)(C)O)c4F)nc(C)nc3nc2C)CC1. The Morgan fingerprint density at radius 3 is 2.50 bits per heavy atom. The van der Waals surface area contributed by atoms with Crippen LogP contribution in [-0.2, 0) is 10.7 Å². The van der Waals surface area contributed by atoms with Gasteiger partial charge in [-0.2, -0.15) is 8.78 Å². The van der Waals surface area contributed by atoms with E-state index in [4.69, 9.17) is 0 Å². The van der Waals surface area contributed by atoms with Gasteiger partial charge in [-0.05, 0) is 64.3 Å². The smallest absolute Gasteiger partial charge is 0.303 e. The highest BCUT2D eigenvalue weighted by Crippen LogP contribution is 2.41. The van der Waals surface area contributed by atoms with Crippen molar-refractivity contribution in [2.24, 2.45) is 0 Å². The van der Waals surface area contributed by atoms with Crippen LogP contribution in [0, 0.1) is 19.7 Å². The van der Waals surface area contributed by atoms with Crippen LogP contribution in [0.5, 0.6) is 0 Å². The molecule has 38 heavy (non-hydrogen) atoms. The van der Waals surface area contributed by atoms with Crippen molar-refractivity contribution in [2.75, 3.05) is 18.4 Å². The summed E-state index contributed by atoms with van der Waals surface area (Å²) in [6.45, 7) is 9.82. The largest absolute Gasteiger partial charge is 0.384 e. The molecule has 2 aromatic heterocycles. The van der Waals surface area contributed by atoms with E-state index in [2.05, 4.69) is 20.3 Å². The van der Waals surface area contributed by atoms with Gasteiger partial charge in [0.25, 0.3) is 0 Å². The van der Waals surface area contributed by atoms with E-state index in [1.54, 1.807) is 25.7 Å². The van der Waals surface area contributed by atoms with Crippen molar-refractivity contribution in [3.63, 3.8) is 0 Å². The van der Waals surface area contributed by atoms with Crippen LogP contribution in [0.1, 0.15) is 68.4 Å². The van der Waals surface area contributed by atoms with Crippen LogP contribution in [0.15, 0.2) is 30.3 Å². The van der Waals surface area contributed by atoms with Gasteiger partial charge in [0, 0.05) is 31.3 Å². The maximum absolute atomic E-state index is 15.4. The molecule has 0 radical (unpaired) electrons. The van der Waals surface area contributed by atoms with Crippen LogP contribution in [0.3, 0.4) is 0 Å². The Labute approximate surface area is 219 Å². The van der Waals surface area contributed by atoms with E-state index in [-0.39, 0.29) is 11.5 Å². The summed E-state index contributed by atoms with van der Waals surface area (Å²) in [6, 6.07) is 4.94. The van der Waals surface area contributed by atoms with Crippen LogP contribution in [-0.4, -0.2) is 49.6 Å². The molecular weight excluding hydrogens is 495 g/mol. The van der Waals surface area contributed by atoms with Crippen molar-refractivity contribution in [1.82, 2.24) is 19.9 Å². The van der Waals surface area contributed by atoms with Gasteiger partial charge in [-0.3, -0.25) is 4.79 Å². The molecule has 1 unspecified atom stereocenters. The van der Waals surface area contributed by atoms with Crippen LogP contribution in [0.25, 0.3) is 16.6 Å². The standard InChI is InChI=1S/C28H32F3N5O2/c1-15(20-8-7-9-23(24(20)29)28(30,31)27(5,6)38)32-25-22-14-21(16(2)33-26(22)35-17(3)34-25)19-10-12-36(13-11-19)18(4)37/h7-10,14-15,38H,11-13H2,1-6H3,(H,32,33,34,35). The summed E-state index contributed by atoms with van der Waals surface area (Å²) in [6.07, 6.45) is 2.68. The van der Waals surface area contributed by atoms with Gasteiger partial charge < -0.3 is 15.3 Å². The number of halogens is 3. The van der Waals surface area contributed by atoms with Crippen molar-refractivity contribution >= 4 is 28.3 Å². The summed E-state index contributed by atoms with van der Waals surface area (Å²) in [5.41, 5.74) is -0.108. The second-order valence-corrected chi connectivity index (χ2v) is 10.3. The molecule has 0 spiro atoms. The summed E-state index contributed by atoms with van der Waals surface area (Å²) < 4.78 is 45.0. The van der Waals surface area contributed by atoms with Gasteiger partial charge in [0.2, 0.25) is 5.91 Å². The normalized spacial score (nSPS) is 15.4. The number of rotatable bonds is 6. The Morgan fingerprint density at radius 1 is 1.18 bits per heavy atom. The highest BCUT2D eigenvalue weighted by atomic mass is 19.3. The molecule has 10 heteroatoms. The number of amides is 1. The third-order valence-corrected chi connectivity index (χ3v) is 6.94. The fourth-order valence-electron chi connectivity index (χ4n) is 4.63. The number of aromatic nitrogens is 3. The molecule has 1 aliphatic rings. The predicted octanol–water partition coefficient (Wildman–Crippen LogP) is 5.45. The van der Waals surface area contributed by atoms with E-state index < -0.39 is 28.9 Å². The molecule has 0 saturated carbocycles. The topological polar surface area (TPSA) is 91.2 Å². The Bertz CT molecular complexity index is 1430. The number of alkyl halides is 2. The first-order chi connectivity index (χ1) is 17.7. The lowest BCUT2D eigenvalue weighted by Crippen LogP contribution is -2.41. The van der Waals surface area contributed by atoms with Gasteiger partial charge in [-0.25, -0.2) is 19.3 Å². The van der Waals surface area contributed by atoms with Crippen molar-refractivity contribution in [2.45, 2.75) is 65.5 Å². The van der Waals surface area contributed by atoms with Gasteiger partial charge >= 0.3 is 5.92 Å². The number of hydrogen-bond donors (Lipinski definition) is 2. The van der Waals surface area contributed by atoms with Crippen LogP contribution < -0.4 is 5.32 Å². The molecule has 3 heterocycles. The molecule has 1 atom stereocenters. The zero-order chi connectivity index (χ0) is 28.0. The van der Waals surface area contributed by atoms with Crippen molar-refractivity contribution in [3.05, 3.63) is 64.4 Å². The molecule has 1 amide bonds. The Kier molecular flexibility index (Phi) is 7.22. The molecule has 3 aromatic rings. The van der Waals surface area contributed by atoms with E-state index in [1.807, 2.05) is 19.1 Å². The molecule has 4 rings (SSSR count). The maximum atomic E-state index is 15.4. The minimum Gasteiger partial charge on any atom is -0.384 e. The first-order valence-electron chi connectivity index (χ1n) is 12.5. The summed E-state index contributed by atoms with van der Waals surface area (Å²) in [7, 11) is 0. The lowest BCUT2D eigenvalue weighted by atomic mass is 9.91. The summed E-state index contributed by atoms with van der Waals surface area (Å²) >= 11 is 0. The predicted molar refractivity (Wildman–Crippen MR) is 140 cm³/mol. The van der Waals surface area contributed by atoms with Crippen molar-refractivity contribution < 1.29 is 23.1 Å². The lowest BCUT2D eigenvalue weighted by molar-refractivity contribution is -0.170. The molecule has 1 aliphatic heterocycles. The molecule has 0 saturated heterocycles. The monoisotopic (exact) mass is 527 g/mol. The van der Waals surface area contributed by atoms with Gasteiger partial charge in [0.05, 0.1) is 17.0 Å². The number of nitrogens with one attached hydrogen (secondary N) is 1. The van der Waals surface area contributed by atoms with Crippen molar-refractivity contribution in [3.8, 4) is 0 Å². The fourth-order valence-corrected chi connectivity index (χ4v) is 4.63. The summed E-state index contributed by atoms with van der Waals surface area (Å²) in [5.74, 6) is -4.02. The molecule has 0 fully saturated rings. The molecule has 0 aliphatic carbocycles. The third kappa shape index (κ3) is 5.09. The molecule has 202 valence electrons. The second-order valence-electron chi connectivity index (χ2n) is 10.3. The quantitative estimate of drug-likeness (QED) is 0.443. The number of hydrogen-bond acceptors (Lipinski definition) is 6. The number of aryl methyl sites for hydroxylation is 2. The van der Waals surface area contributed by atoms with E-state index >= 15 is 4.39 Å². The number of benzene rings is 1. The molecular formula is C28H32F3N5O2. The number of fused-ring (bicyclic) bond motifs is 1. The first kappa shape index (κ1) is 27.5. The number of carbonyl (C=O) groups excluding carboxylic acids is 1. The highest BCUT2D eigenvalue weighted by Gasteiger charge is 2.49. The molecule has 2 N–H and O–H groups in total. The Morgan fingerprint density at radius 2 is 1.89 bits per heavy atom. The van der Waals surface area contributed by atoms with E-state index in [9.17, 15) is 18.7 Å². The van der Waals surface area contributed by atoms with Gasteiger partial charge in [0.1, 0.15) is 23.1 Å². The molecule has 7 nitrogen and oxygen atoms in total. The van der Waals surface area contributed by atoms with E-state index in [0.717, 1.165) is 36.7 Å². The average Bonchev–Trinajstić information content (AvgIpc) is 2.82. The van der Waals surface area contributed by atoms with Gasteiger partial charge in [-0.15, -0.1) is 0 Å². The van der Waals surface area contributed by atoms with Crippen LogP contribution in [0.4, 0.5) is 19.0 Å². The van der Waals surface area contributed by atoms with Crippen molar-refractivity contribution in [1.29, 1.82) is 0 Å². The number of anilines is 1. The van der Waals surface area contributed by atoms with Crippen LogP contribution >= 0.6 is 0 Å². The highest BCUT2D eigenvalue weighted by molar-refractivity contribution is 5.90. The minimum absolute atomic E-state index is 0.00967. The fraction of sp³-hybridized carbons (Fsp3) is 0.429.